The molecule has 0 aromatic carbocycles. The van der Waals surface area contributed by atoms with Crippen molar-refractivity contribution in [2.75, 3.05) is 13.6 Å². The Kier molecular flexibility index (Phi) is 6.00. The molecule has 0 aliphatic carbocycles. The number of halogens is 1. The van der Waals surface area contributed by atoms with Crippen LogP contribution in [0.3, 0.4) is 0 Å². The Morgan fingerprint density at radius 2 is 2.16 bits per heavy atom. The Morgan fingerprint density at radius 3 is 2.63 bits per heavy atom. The zero-order valence-corrected chi connectivity index (χ0v) is 13.9. The first-order valence-corrected chi connectivity index (χ1v) is 7.40. The van der Waals surface area contributed by atoms with Crippen molar-refractivity contribution in [1.29, 1.82) is 0 Å². The Labute approximate surface area is 123 Å². The van der Waals surface area contributed by atoms with Gasteiger partial charge in [0.1, 0.15) is 0 Å². The molecule has 0 saturated heterocycles. The minimum Gasteiger partial charge on any atom is -0.345 e. The summed E-state index contributed by atoms with van der Waals surface area (Å²) >= 11 is 3.57. The second kappa shape index (κ2) is 7.05. The lowest BCUT2D eigenvalue weighted by atomic mass is 10.2. The van der Waals surface area contributed by atoms with Gasteiger partial charge in [-0.25, -0.2) is 0 Å². The van der Waals surface area contributed by atoms with E-state index in [0.717, 1.165) is 28.8 Å². The van der Waals surface area contributed by atoms with Crippen LogP contribution < -0.4 is 5.32 Å². The van der Waals surface area contributed by atoms with Gasteiger partial charge in [0.15, 0.2) is 0 Å². The van der Waals surface area contributed by atoms with E-state index < -0.39 is 0 Å². The average Bonchev–Trinajstić information content (AvgIpc) is 2.68. The van der Waals surface area contributed by atoms with Crippen LogP contribution in [-0.2, 0) is 24.8 Å². The van der Waals surface area contributed by atoms with Crippen LogP contribution in [0.5, 0.6) is 0 Å². The number of carbonyl (C=O) groups excluding carboxylic acids is 1. The summed E-state index contributed by atoms with van der Waals surface area (Å²) in [5.41, 5.74) is 2.11. The lowest BCUT2D eigenvalue weighted by molar-refractivity contribution is -0.131. The molecule has 1 atom stereocenters. The van der Waals surface area contributed by atoms with E-state index in [1.807, 2.05) is 32.6 Å². The maximum atomic E-state index is 12.0. The second-order valence-corrected chi connectivity index (χ2v) is 5.43. The number of aryl methyl sites for hydroxylation is 2. The summed E-state index contributed by atoms with van der Waals surface area (Å²) < 4.78 is 2.89. The predicted molar refractivity (Wildman–Crippen MR) is 79.9 cm³/mol. The highest BCUT2D eigenvalue weighted by molar-refractivity contribution is 9.10. The van der Waals surface area contributed by atoms with E-state index in [4.69, 9.17) is 0 Å². The highest BCUT2D eigenvalue weighted by atomic mass is 79.9. The molecule has 1 aromatic heterocycles. The standard InChI is InChI=1S/C13H23BrN4O/c1-6-10-12(14)11(18(5)16-10)8-15-9(3)13(19)17(4)7-2/h9,15H,6-8H2,1-5H3. The maximum absolute atomic E-state index is 12.0. The first-order chi connectivity index (χ1) is 8.92. The molecule has 1 N–H and O–H groups in total. The molecule has 1 heterocycles. The minimum atomic E-state index is -0.197. The summed E-state index contributed by atoms with van der Waals surface area (Å²) in [5.74, 6) is 0.108. The van der Waals surface area contributed by atoms with E-state index >= 15 is 0 Å². The Morgan fingerprint density at radius 1 is 1.53 bits per heavy atom. The molecule has 1 rings (SSSR count). The summed E-state index contributed by atoms with van der Waals surface area (Å²) in [7, 11) is 3.74. The zero-order chi connectivity index (χ0) is 14.6. The molecule has 5 nitrogen and oxygen atoms in total. The molecule has 6 heteroatoms. The molecule has 0 aliphatic heterocycles. The summed E-state index contributed by atoms with van der Waals surface area (Å²) in [6.45, 7) is 7.27. The van der Waals surface area contributed by atoms with Gasteiger partial charge in [0.05, 0.1) is 21.9 Å². The van der Waals surface area contributed by atoms with E-state index in [0.29, 0.717) is 6.54 Å². The van der Waals surface area contributed by atoms with Crippen LogP contribution in [0, 0.1) is 0 Å². The van der Waals surface area contributed by atoms with Crippen molar-refractivity contribution in [3.8, 4) is 0 Å². The van der Waals surface area contributed by atoms with Crippen molar-refractivity contribution in [2.45, 2.75) is 39.8 Å². The molecular formula is C13H23BrN4O. The average molecular weight is 331 g/mol. The lowest BCUT2D eigenvalue weighted by Crippen LogP contribution is -2.42. The normalized spacial score (nSPS) is 12.5. The highest BCUT2D eigenvalue weighted by Gasteiger charge is 2.18. The molecule has 0 spiro atoms. The number of rotatable bonds is 6. The van der Waals surface area contributed by atoms with Crippen LogP contribution in [0.25, 0.3) is 0 Å². The van der Waals surface area contributed by atoms with Crippen molar-refractivity contribution in [3.05, 3.63) is 15.9 Å². The quantitative estimate of drug-likeness (QED) is 0.863. The number of carbonyl (C=O) groups is 1. The van der Waals surface area contributed by atoms with Gasteiger partial charge in [0.25, 0.3) is 0 Å². The van der Waals surface area contributed by atoms with Crippen molar-refractivity contribution in [3.63, 3.8) is 0 Å². The van der Waals surface area contributed by atoms with Gasteiger partial charge in [0, 0.05) is 27.2 Å². The number of amides is 1. The van der Waals surface area contributed by atoms with Gasteiger partial charge >= 0.3 is 0 Å². The van der Waals surface area contributed by atoms with Crippen LogP contribution in [0.1, 0.15) is 32.2 Å². The van der Waals surface area contributed by atoms with E-state index in [1.54, 1.807) is 4.90 Å². The third-order valence-corrected chi connectivity index (χ3v) is 4.22. The fourth-order valence-corrected chi connectivity index (χ4v) is 2.59. The number of hydrogen-bond donors (Lipinski definition) is 1. The number of nitrogens with one attached hydrogen (secondary N) is 1. The Balaban J connectivity index is 2.67. The summed E-state index contributed by atoms with van der Waals surface area (Å²) in [6.07, 6.45) is 0.890. The number of likely N-dealkylation sites (N-methyl/N-ethyl adjacent to an activating group) is 1. The first-order valence-electron chi connectivity index (χ1n) is 6.60. The van der Waals surface area contributed by atoms with Crippen LogP contribution in [0.15, 0.2) is 4.47 Å². The van der Waals surface area contributed by atoms with Crippen molar-refractivity contribution in [1.82, 2.24) is 20.0 Å². The van der Waals surface area contributed by atoms with Gasteiger partial charge in [-0.1, -0.05) is 6.92 Å². The maximum Gasteiger partial charge on any atom is 0.239 e. The molecule has 1 unspecified atom stereocenters. The van der Waals surface area contributed by atoms with Crippen molar-refractivity contribution in [2.24, 2.45) is 7.05 Å². The largest absolute Gasteiger partial charge is 0.345 e. The summed E-state index contributed by atoms with van der Waals surface area (Å²) in [6, 6.07) is -0.197. The zero-order valence-electron chi connectivity index (χ0n) is 12.3. The van der Waals surface area contributed by atoms with E-state index in [1.165, 1.54) is 0 Å². The fraction of sp³-hybridized carbons (Fsp3) is 0.692. The lowest BCUT2D eigenvalue weighted by Gasteiger charge is -2.20. The van der Waals surface area contributed by atoms with Gasteiger partial charge < -0.3 is 10.2 Å². The van der Waals surface area contributed by atoms with Crippen LogP contribution in [-0.4, -0.2) is 40.2 Å². The molecule has 0 radical (unpaired) electrons. The fourth-order valence-electron chi connectivity index (χ4n) is 1.84. The van der Waals surface area contributed by atoms with Gasteiger partial charge in [-0.15, -0.1) is 0 Å². The topological polar surface area (TPSA) is 50.2 Å². The van der Waals surface area contributed by atoms with Crippen molar-refractivity contribution >= 4 is 21.8 Å². The minimum absolute atomic E-state index is 0.108. The van der Waals surface area contributed by atoms with E-state index in [2.05, 4.69) is 33.3 Å². The highest BCUT2D eigenvalue weighted by Crippen LogP contribution is 2.21. The molecule has 19 heavy (non-hydrogen) atoms. The number of nitrogens with zero attached hydrogens (tertiary/aromatic N) is 3. The van der Waals surface area contributed by atoms with Gasteiger partial charge in [0.2, 0.25) is 5.91 Å². The first kappa shape index (κ1) is 16.2. The number of hydrogen-bond acceptors (Lipinski definition) is 3. The Hall–Kier alpha value is -0.880. The molecule has 1 amide bonds. The number of aromatic nitrogens is 2. The molecule has 0 aliphatic rings. The SMILES string of the molecule is CCc1nn(C)c(CNC(C)C(=O)N(C)CC)c1Br. The molecule has 0 saturated carbocycles. The van der Waals surface area contributed by atoms with Gasteiger partial charge in [-0.3, -0.25) is 9.48 Å². The molecule has 108 valence electrons. The summed E-state index contributed by atoms with van der Waals surface area (Å²) in [5, 5.41) is 7.69. The molecule has 0 fully saturated rings. The monoisotopic (exact) mass is 330 g/mol. The van der Waals surface area contributed by atoms with E-state index in [9.17, 15) is 4.79 Å². The third-order valence-electron chi connectivity index (χ3n) is 3.30. The molecular weight excluding hydrogens is 308 g/mol. The van der Waals surface area contributed by atoms with Gasteiger partial charge in [-0.05, 0) is 36.2 Å². The van der Waals surface area contributed by atoms with Crippen LogP contribution in [0.2, 0.25) is 0 Å². The predicted octanol–water partition coefficient (Wildman–Crippen LogP) is 1.70. The van der Waals surface area contributed by atoms with Crippen molar-refractivity contribution < 1.29 is 4.79 Å². The van der Waals surface area contributed by atoms with Crippen LogP contribution in [0.4, 0.5) is 0 Å². The summed E-state index contributed by atoms with van der Waals surface area (Å²) in [4.78, 5) is 13.7. The third kappa shape index (κ3) is 3.79. The molecule has 1 aromatic rings. The van der Waals surface area contributed by atoms with Gasteiger partial charge in [-0.2, -0.15) is 5.10 Å². The molecule has 0 bridgehead atoms. The smallest absolute Gasteiger partial charge is 0.239 e. The Bertz CT molecular complexity index is 444. The van der Waals surface area contributed by atoms with E-state index in [-0.39, 0.29) is 11.9 Å². The second-order valence-electron chi connectivity index (χ2n) is 4.64. The van der Waals surface area contributed by atoms with Crippen LogP contribution >= 0.6 is 15.9 Å².